The molecular formula is C12H13NO4. The second kappa shape index (κ2) is 4.55. The van der Waals surface area contributed by atoms with Gasteiger partial charge >= 0.3 is 0 Å². The molecule has 5 heteroatoms. The highest BCUT2D eigenvalue weighted by Crippen LogP contribution is 2.25. The van der Waals surface area contributed by atoms with E-state index in [9.17, 15) is 9.59 Å². The number of carbonyl (C=O) groups is 2. The average Bonchev–Trinajstić information content (AvgIpc) is 2.64. The lowest BCUT2D eigenvalue weighted by Crippen LogP contribution is -2.32. The predicted molar refractivity (Wildman–Crippen MR) is 60.9 cm³/mol. The highest BCUT2D eigenvalue weighted by molar-refractivity contribution is 6.22. The summed E-state index contributed by atoms with van der Waals surface area (Å²) in [6, 6.07) is 6.76. The fraction of sp³-hybridized carbons (Fsp3) is 0.333. The molecule has 1 aromatic rings. The van der Waals surface area contributed by atoms with Gasteiger partial charge in [-0.25, -0.2) is 4.90 Å². The number of amides is 2. The van der Waals surface area contributed by atoms with Crippen molar-refractivity contribution in [2.24, 2.45) is 0 Å². The zero-order valence-corrected chi connectivity index (χ0v) is 9.67. The summed E-state index contributed by atoms with van der Waals surface area (Å²) in [5, 5.41) is 0. The maximum Gasteiger partial charge on any atom is 0.263 e. The van der Waals surface area contributed by atoms with Gasteiger partial charge in [-0.2, -0.15) is 0 Å². The highest BCUT2D eigenvalue weighted by atomic mass is 16.5. The molecule has 0 bridgehead atoms. The topological polar surface area (TPSA) is 55.8 Å². The van der Waals surface area contributed by atoms with E-state index in [1.54, 1.807) is 31.4 Å². The van der Waals surface area contributed by atoms with E-state index in [0.29, 0.717) is 11.4 Å². The summed E-state index contributed by atoms with van der Waals surface area (Å²) in [6.45, 7) is 0. The number of ether oxygens (including phenoxy) is 2. The van der Waals surface area contributed by atoms with Crippen LogP contribution < -0.4 is 9.64 Å². The lowest BCUT2D eigenvalue weighted by molar-refractivity contribution is -0.125. The van der Waals surface area contributed by atoms with E-state index in [1.165, 1.54) is 7.11 Å². The van der Waals surface area contributed by atoms with Gasteiger partial charge in [0.1, 0.15) is 11.9 Å². The van der Waals surface area contributed by atoms with Gasteiger partial charge in [-0.15, -0.1) is 0 Å². The average molecular weight is 235 g/mol. The number of hydrogen-bond donors (Lipinski definition) is 0. The fourth-order valence-electron chi connectivity index (χ4n) is 1.79. The lowest BCUT2D eigenvalue weighted by atomic mass is 10.3. The number of hydrogen-bond acceptors (Lipinski definition) is 4. The van der Waals surface area contributed by atoms with E-state index in [0.717, 1.165) is 4.90 Å². The predicted octanol–water partition coefficient (Wildman–Crippen LogP) is 0.973. The number of anilines is 1. The van der Waals surface area contributed by atoms with E-state index in [2.05, 4.69) is 0 Å². The van der Waals surface area contributed by atoms with Crippen molar-refractivity contribution in [3.63, 3.8) is 0 Å². The molecule has 1 aliphatic rings. The van der Waals surface area contributed by atoms with E-state index >= 15 is 0 Å². The van der Waals surface area contributed by atoms with Crippen LogP contribution in [0.25, 0.3) is 0 Å². The van der Waals surface area contributed by atoms with Crippen LogP contribution in [0.5, 0.6) is 5.75 Å². The molecule has 0 spiro atoms. The second-order valence-corrected chi connectivity index (χ2v) is 3.69. The van der Waals surface area contributed by atoms with Gasteiger partial charge in [0.15, 0.2) is 0 Å². The normalized spacial score (nSPS) is 19.9. The first kappa shape index (κ1) is 11.6. The molecule has 5 nitrogen and oxygen atoms in total. The van der Waals surface area contributed by atoms with Crippen molar-refractivity contribution in [3.05, 3.63) is 24.3 Å². The van der Waals surface area contributed by atoms with Crippen molar-refractivity contribution in [1.29, 1.82) is 0 Å². The van der Waals surface area contributed by atoms with E-state index < -0.39 is 6.10 Å². The minimum atomic E-state index is -0.662. The molecule has 1 saturated heterocycles. The maximum atomic E-state index is 11.9. The quantitative estimate of drug-likeness (QED) is 0.733. The van der Waals surface area contributed by atoms with Crippen molar-refractivity contribution in [2.45, 2.75) is 12.5 Å². The Morgan fingerprint density at radius 1 is 1.18 bits per heavy atom. The summed E-state index contributed by atoms with van der Waals surface area (Å²) in [5.41, 5.74) is 0.542. The van der Waals surface area contributed by atoms with Crippen LogP contribution >= 0.6 is 0 Å². The Labute approximate surface area is 98.9 Å². The fourth-order valence-corrected chi connectivity index (χ4v) is 1.79. The Bertz CT molecular complexity index is 440. The summed E-state index contributed by atoms with van der Waals surface area (Å²) >= 11 is 0. The van der Waals surface area contributed by atoms with E-state index in [1.807, 2.05) is 0 Å². The number of imide groups is 1. The van der Waals surface area contributed by atoms with Crippen LogP contribution in [0.1, 0.15) is 6.42 Å². The molecule has 1 aromatic carbocycles. The van der Waals surface area contributed by atoms with Gasteiger partial charge in [-0.1, -0.05) is 0 Å². The molecule has 1 aliphatic heterocycles. The smallest absolute Gasteiger partial charge is 0.263 e. The van der Waals surface area contributed by atoms with Crippen LogP contribution in [0.3, 0.4) is 0 Å². The molecule has 1 heterocycles. The molecule has 0 saturated carbocycles. The molecular weight excluding hydrogens is 222 g/mol. The number of rotatable bonds is 3. The summed E-state index contributed by atoms with van der Waals surface area (Å²) in [7, 11) is 2.98. The van der Waals surface area contributed by atoms with Crippen molar-refractivity contribution in [1.82, 2.24) is 0 Å². The molecule has 0 unspecified atom stereocenters. The first-order valence-electron chi connectivity index (χ1n) is 5.21. The Morgan fingerprint density at radius 2 is 1.82 bits per heavy atom. The Kier molecular flexibility index (Phi) is 3.10. The third kappa shape index (κ3) is 2.01. The Balaban J connectivity index is 2.27. The number of carbonyl (C=O) groups excluding carboxylic acids is 2. The number of nitrogens with zero attached hydrogens (tertiary/aromatic N) is 1. The molecule has 2 rings (SSSR count). The zero-order chi connectivity index (χ0) is 12.4. The summed E-state index contributed by atoms with van der Waals surface area (Å²) < 4.78 is 9.97. The standard InChI is InChI=1S/C12H13NO4/c1-16-9-5-3-8(4-6-9)13-11(14)7-10(17-2)12(13)15/h3-6,10H,7H2,1-2H3/t10-/m0/s1. The van der Waals surface area contributed by atoms with Crippen LogP contribution in [0, 0.1) is 0 Å². The first-order valence-corrected chi connectivity index (χ1v) is 5.21. The van der Waals surface area contributed by atoms with Crippen LogP contribution in [0.15, 0.2) is 24.3 Å². The molecule has 0 radical (unpaired) electrons. The summed E-state index contributed by atoms with van der Waals surface area (Å²) in [5.74, 6) is 0.117. The van der Waals surface area contributed by atoms with Crippen molar-refractivity contribution >= 4 is 17.5 Å². The third-order valence-electron chi connectivity index (χ3n) is 2.72. The molecule has 0 aromatic heterocycles. The Morgan fingerprint density at radius 3 is 2.29 bits per heavy atom. The largest absolute Gasteiger partial charge is 0.497 e. The molecule has 90 valence electrons. The van der Waals surface area contributed by atoms with Crippen LogP contribution in [-0.2, 0) is 14.3 Å². The van der Waals surface area contributed by atoms with Crippen LogP contribution in [-0.4, -0.2) is 32.1 Å². The first-order chi connectivity index (χ1) is 8.17. The minimum absolute atomic E-state index is 0.0986. The molecule has 0 aliphatic carbocycles. The number of methoxy groups -OCH3 is 2. The van der Waals surface area contributed by atoms with E-state index in [-0.39, 0.29) is 18.2 Å². The molecule has 1 atom stereocenters. The Hall–Kier alpha value is -1.88. The van der Waals surface area contributed by atoms with Gasteiger partial charge in [0.2, 0.25) is 5.91 Å². The second-order valence-electron chi connectivity index (χ2n) is 3.69. The van der Waals surface area contributed by atoms with E-state index in [4.69, 9.17) is 9.47 Å². The van der Waals surface area contributed by atoms with Gasteiger partial charge in [0.25, 0.3) is 5.91 Å². The maximum absolute atomic E-state index is 11.9. The molecule has 1 fully saturated rings. The van der Waals surface area contributed by atoms with Crippen molar-refractivity contribution < 1.29 is 19.1 Å². The summed E-state index contributed by atoms with van der Waals surface area (Å²) in [4.78, 5) is 24.7. The van der Waals surface area contributed by atoms with Gasteiger partial charge in [-0.3, -0.25) is 9.59 Å². The van der Waals surface area contributed by atoms with Crippen molar-refractivity contribution in [2.75, 3.05) is 19.1 Å². The van der Waals surface area contributed by atoms with Gasteiger partial charge < -0.3 is 9.47 Å². The van der Waals surface area contributed by atoms with Crippen LogP contribution in [0.4, 0.5) is 5.69 Å². The number of benzene rings is 1. The van der Waals surface area contributed by atoms with Gasteiger partial charge in [0, 0.05) is 7.11 Å². The zero-order valence-electron chi connectivity index (χ0n) is 9.67. The summed E-state index contributed by atoms with van der Waals surface area (Å²) in [6.07, 6.45) is -0.564. The molecule has 0 N–H and O–H groups in total. The minimum Gasteiger partial charge on any atom is -0.497 e. The third-order valence-corrected chi connectivity index (χ3v) is 2.72. The monoisotopic (exact) mass is 235 g/mol. The lowest BCUT2D eigenvalue weighted by Gasteiger charge is -2.14. The molecule has 17 heavy (non-hydrogen) atoms. The highest BCUT2D eigenvalue weighted by Gasteiger charge is 2.39. The molecule has 2 amide bonds. The van der Waals surface area contributed by atoms with Crippen LogP contribution in [0.2, 0.25) is 0 Å². The van der Waals surface area contributed by atoms with Crippen molar-refractivity contribution in [3.8, 4) is 5.75 Å². The SMILES string of the molecule is COc1ccc(N2C(=O)C[C@H](OC)C2=O)cc1. The van der Waals surface area contributed by atoms with Gasteiger partial charge in [-0.05, 0) is 24.3 Å². The van der Waals surface area contributed by atoms with Gasteiger partial charge in [0.05, 0.1) is 19.2 Å².